The highest BCUT2D eigenvalue weighted by Crippen LogP contribution is 1.89. The smallest absolute Gasteiger partial charge is 0.333 e. The second kappa shape index (κ2) is 9.94. The molecule has 0 fully saturated rings. The average Bonchev–Trinajstić information content (AvgIpc) is 2.05. The molecule has 14 heavy (non-hydrogen) atoms. The first-order valence-corrected chi connectivity index (χ1v) is 4.16. The Kier molecular flexibility index (Phi) is 10.9. The van der Waals surface area contributed by atoms with Crippen LogP contribution in [0.1, 0.15) is 20.3 Å². The number of aliphatic hydroxyl groups excluding tert-OH is 1. The minimum atomic E-state index is -1.79. The first kappa shape index (κ1) is 15.3. The standard InChI is InChI=1S/C4H6O5.C4H10O/c5-2(4(8)9)1-3(6)7;1-3-5-4-2/h2,5H,1H2,(H,6,7)(H,8,9);3-4H2,1-2H3. The summed E-state index contributed by atoms with van der Waals surface area (Å²) in [5.74, 6) is -2.85. The molecular formula is C8H16O6. The fourth-order valence-electron chi connectivity index (χ4n) is 0.457. The molecule has 84 valence electrons. The van der Waals surface area contributed by atoms with Gasteiger partial charge in [-0.15, -0.1) is 0 Å². The molecule has 6 nitrogen and oxygen atoms in total. The first-order valence-electron chi connectivity index (χ1n) is 4.16. The number of aliphatic hydroxyl groups is 1. The molecule has 0 aromatic carbocycles. The summed E-state index contributed by atoms with van der Waals surface area (Å²) in [5, 5.41) is 24.1. The topological polar surface area (TPSA) is 104 Å². The van der Waals surface area contributed by atoms with Crippen LogP contribution in [0, 0.1) is 0 Å². The molecule has 0 rings (SSSR count). The Morgan fingerprint density at radius 3 is 1.71 bits per heavy atom. The number of carbonyl (C=O) groups is 2. The van der Waals surface area contributed by atoms with Crippen LogP contribution in [0.25, 0.3) is 0 Å². The van der Waals surface area contributed by atoms with Crippen molar-refractivity contribution >= 4 is 11.9 Å². The third-order valence-corrected chi connectivity index (χ3v) is 1.06. The van der Waals surface area contributed by atoms with Gasteiger partial charge in [0.05, 0.1) is 6.42 Å². The summed E-state index contributed by atoms with van der Waals surface area (Å²) in [6.45, 7) is 5.67. The average molecular weight is 208 g/mol. The van der Waals surface area contributed by atoms with Crippen molar-refractivity contribution in [2.24, 2.45) is 0 Å². The second-order valence-corrected chi connectivity index (χ2v) is 2.23. The quantitative estimate of drug-likeness (QED) is 0.585. The van der Waals surface area contributed by atoms with Crippen molar-refractivity contribution in [2.75, 3.05) is 13.2 Å². The Morgan fingerprint density at radius 2 is 1.64 bits per heavy atom. The van der Waals surface area contributed by atoms with Crippen LogP contribution in [0.5, 0.6) is 0 Å². The molecule has 0 aliphatic rings. The molecule has 1 unspecified atom stereocenters. The van der Waals surface area contributed by atoms with Crippen LogP contribution in [0.15, 0.2) is 0 Å². The van der Waals surface area contributed by atoms with E-state index in [1.54, 1.807) is 0 Å². The van der Waals surface area contributed by atoms with E-state index in [2.05, 4.69) is 0 Å². The second-order valence-electron chi connectivity index (χ2n) is 2.23. The molecule has 0 saturated heterocycles. The number of hydrogen-bond acceptors (Lipinski definition) is 4. The highest BCUT2D eigenvalue weighted by molar-refractivity contribution is 5.79. The highest BCUT2D eigenvalue weighted by Gasteiger charge is 2.16. The van der Waals surface area contributed by atoms with Gasteiger partial charge in [0.2, 0.25) is 0 Å². The minimum absolute atomic E-state index is 0.755. The van der Waals surface area contributed by atoms with Crippen LogP contribution in [-0.2, 0) is 14.3 Å². The molecule has 0 heterocycles. The van der Waals surface area contributed by atoms with E-state index in [1.807, 2.05) is 13.8 Å². The van der Waals surface area contributed by atoms with Gasteiger partial charge < -0.3 is 20.1 Å². The number of carboxylic acid groups (broad SMARTS) is 2. The Labute approximate surface area is 82.1 Å². The molecule has 6 heteroatoms. The summed E-state index contributed by atoms with van der Waals surface area (Å²) in [6.07, 6.45) is -2.54. The summed E-state index contributed by atoms with van der Waals surface area (Å²) in [6, 6.07) is 0. The molecule has 0 radical (unpaired) electrons. The molecule has 0 spiro atoms. The van der Waals surface area contributed by atoms with E-state index in [0.717, 1.165) is 13.2 Å². The summed E-state index contributed by atoms with van der Waals surface area (Å²) >= 11 is 0. The molecule has 3 N–H and O–H groups in total. The summed E-state index contributed by atoms with van der Waals surface area (Å²) in [5.41, 5.74) is 0. The van der Waals surface area contributed by atoms with Gasteiger partial charge in [-0.05, 0) is 13.8 Å². The molecule has 0 aliphatic heterocycles. The zero-order chi connectivity index (χ0) is 11.6. The van der Waals surface area contributed by atoms with Gasteiger partial charge in [-0.3, -0.25) is 4.79 Å². The zero-order valence-corrected chi connectivity index (χ0v) is 8.27. The lowest BCUT2D eigenvalue weighted by Gasteiger charge is -1.97. The van der Waals surface area contributed by atoms with Crippen molar-refractivity contribution < 1.29 is 29.6 Å². The summed E-state index contributed by atoms with van der Waals surface area (Å²) in [7, 11) is 0. The third-order valence-electron chi connectivity index (χ3n) is 1.06. The Morgan fingerprint density at radius 1 is 1.21 bits per heavy atom. The maximum atomic E-state index is 9.72. The van der Waals surface area contributed by atoms with Gasteiger partial charge >= 0.3 is 11.9 Å². The van der Waals surface area contributed by atoms with Crippen molar-refractivity contribution in [3.8, 4) is 0 Å². The normalized spacial score (nSPS) is 11.1. The summed E-state index contributed by atoms with van der Waals surface area (Å²) in [4.78, 5) is 19.4. The van der Waals surface area contributed by atoms with Gasteiger partial charge in [-0.25, -0.2) is 4.79 Å². The van der Waals surface area contributed by atoms with E-state index in [9.17, 15) is 9.59 Å². The van der Waals surface area contributed by atoms with Crippen molar-refractivity contribution in [2.45, 2.75) is 26.4 Å². The third kappa shape index (κ3) is 13.4. The van der Waals surface area contributed by atoms with Crippen LogP contribution in [0.2, 0.25) is 0 Å². The zero-order valence-electron chi connectivity index (χ0n) is 8.27. The Balaban J connectivity index is 0. The monoisotopic (exact) mass is 208 g/mol. The molecule has 0 saturated carbocycles. The van der Waals surface area contributed by atoms with Crippen LogP contribution < -0.4 is 0 Å². The number of ether oxygens (including phenoxy) is 1. The molecule has 0 aromatic heterocycles. The lowest BCUT2D eigenvalue weighted by molar-refractivity contribution is -0.152. The molecule has 1 atom stereocenters. The molecule has 0 aromatic rings. The van der Waals surface area contributed by atoms with Crippen molar-refractivity contribution in [3.63, 3.8) is 0 Å². The number of aliphatic carboxylic acids is 2. The van der Waals surface area contributed by atoms with Crippen LogP contribution >= 0.6 is 0 Å². The van der Waals surface area contributed by atoms with E-state index in [1.165, 1.54) is 0 Å². The predicted molar refractivity (Wildman–Crippen MR) is 48.1 cm³/mol. The van der Waals surface area contributed by atoms with Gasteiger partial charge in [-0.1, -0.05) is 0 Å². The number of rotatable bonds is 5. The Hall–Kier alpha value is -1.14. The molecular weight excluding hydrogens is 192 g/mol. The van der Waals surface area contributed by atoms with E-state index in [0.29, 0.717) is 0 Å². The molecule has 0 amide bonds. The van der Waals surface area contributed by atoms with E-state index < -0.39 is 24.5 Å². The van der Waals surface area contributed by atoms with Gasteiger partial charge in [0.1, 0.15) is 0 Å². The fraction of sp³-hybridized carbons (Fsp3) is 0.750. The number of hydrogen-bond donors (Lipinski definition) is 3. The summed E-state index contributed by atoms with van der Waals surface area (Å²) < 4.78 is 4.83. The largest absolute Gasteiger partial charge is 0.481 e. The maximum absolute atomic E-state index is 9.72. The maximum Gasteiger partial charge on any atom is 0.333 e. The van der Waals surface area contributed by atoms with Crippen LogP contribution in [0.3, 0.4) is 0 Å². The SMILES string of the molecule is CCOCC.O=C(O)CC(O)C(=O)O. The van der Waals surface area contributed by atoms with Crippen molar-refractivity contribution in [3.05, 3.63) is 0 Å². The Bertz CT molecular complexity index is 165. The lowest BCUT2D eigenvalue weighted by Crippen LogP contribution is -2.22. The van der Waals surface area contributed by atoms with Crippen molar-refractivity contribution in [1.29, 1.82) is 0 Å². The highest BCUT2D eigenvalue weighted by atomic mass is 16.5. The predicted octanol–water partition coefficient (Wildman–Crippen LogP) is -0.0506. The minimum Gasteiger partial charge on any atom is -0.481 e. The van der Waals surface area contributed by atoms with Gasteiger partial charge in [0, 0.05) is 13.2 Å². The first-order chi connectivity index (χ1) is 6.45. The lowest BCUT2D eigenvalue weighted by atomic mass is 10.3. The van der Waals surface area contributed by atoms with Crippen LogP contribution in [0.4, 0.5) is 0 Å². The number of carboxylic acids is 2. The van der Waals surface area contributed by atoms with E-state index >= 15 is 0 Å². The van der Waals surface area contributed by atoms with Gasteiger partial charge in [0.25, 0.3) is 0 Å². The van der Waals surface area contributed by atoms with Gasteiger partial charge in [-0.2, -0.15) is 0 Å². The fourth-order valence-corrected chi connectivity index (χ4v) is 0.457. The van der Waals surface area contributed by atoms with E-state index in [-0.39, 0.29) is 0 Å². The van der Waals surface area contributed by atoms with Crippen molar-refractivity contribution in [1.82, 2.24) is 0 Å². The van der Waals surface area contributed by atoms with Gasteiger partial charge in [0.15, 0.2) is 6.10 Å². The molecule has 0 bridgehead atoms. The van der Waals surface area contributed by atoms with E-state index in [4.69, 9.17) is 20.1 Å². The molecule has 0 aliphatic carbocycles. The van der Waals surface area contributed by atoms with Crippen LogP contribution in [-0.4, -0.2) is 46.6 Å².